The van der Waals surface area contributed by atoms with Crippen LogP contribution in [0.5, 0.6) is 0 Å². The molecule has 1 unspecified atom stereocenters. The Morgan fingerprint density at radius 1 is 1.60 bits per heavy atom. The molecule has 0 spiro atoms. The van der Waals surface area contributed by atoms with Gasteiger partial charge in [0.1, 0.15) is 5.69 Å². The zero-order chi connectivity index (χ0) is 10.9. The molecule has 1 saturated heterocycles. The van der Waals surface area contributed by atoms with Crippen molar-refractivity contribution in [1.82, 2.24) is 15.1 Å². The van der Waals surface area contributed by atoms with Crippen LogP contribution in [-0.4, -0.2) is 27.6 Å². The number of ketones is 1. The second kappa shape index (κ2) is 3.77. The number of piperidine rings is 1. The van der Waals surface area contributed by atoms with Crippen molar-refractivity contribution < 1.29 is 4.79 Å². The van der Waals surface area contributed by atoms with Gasteiger partial charge in [-0.2, -0.15) is 5.10 Å². The summed E-state index contributed by atoms with van der Waals surface area (Å²) in [5.74, 6) is 0.155. The zero-order valence-corrected chi connectivity index (χ0v) is 9.29. The Hall–Kier alpha value is -1.16. The van der Waals surface area contributed by atoms with E-state index in [1.54, 1.807) is 24.0 Å². The summed E-state index contributed by atoms with van der Waals surface area (Å²) in [4.78, 5) is 12.3. The SMILES string of the molecule is Cn1nccc1C(=O)C1(C)CCCCN1. The molecule has 82 valence electrons. The lowest BCUT2D eigenvalue weighted by Gasteiger charge is -2.33. The summed E-state index contributed by atoms with van der Waals surface area (Å²) in [6.07, 6.45) is 4.86. The van der Waals surface area contributed by atoms with Gasteiger partial charge in [-0.15, -0.1) is 0 Å². The average molecular weight is 207 g/mol. The summed E-state index contributed by atoms with van der Waals surface area (Å²) >= 11 is 0. The third-order valence-corrected chi connectivity index (χ3v) is 3.17. The fourth-order valence-corrected chi connectivity index (χ4v) is 2.13. The average Bonchev–Trinajstić information content (AvgIpc) is 2.64. The minimum absolute atomic E-state index is 0.155. The Balaban J connectivity index is 2.23. The van der Waals surface area contributed by atoms with Crippen LogP contribution in [0.25, 0.3) is 0 Å². The van der Waals surface area contributed by atoms with E-state index in [1.165, 1.54) is 0 Å². The number of hydrogen-bond donors (Lipinski definition) is 1. The van der Waals surface area contributed by atoms with E-state index in [-0.39, 0.29) is 5.78 Å². The zero-order valence-electron chi connectivity index (χ0n) is 9.29. The van der Waals surface area contributed by atoms with Crippen LogP contribution in [0.1, 0.15) is 36.7 Å². The van der Waals surface area contributed by atoms with E-state index < -0.39 is 5.54 Å². The first-order chi connectivity index (χ1) is 7.13. The molecule has 1 aromatic rings. The molecule has 1 fully saturated rings. The molecule has 4 heteroatoms. The van der Waals surface area contributed by atoms with Gasteiger partial charge in [0.05, 0.1) is 5.54 Å². The molecule has 0 saturated carbocycles. The number of nitrogens with one attached hydrogen (secondary N) is 1. The summed E-state index contributed by atoms with van der Waals surface area (Å²) in [5, 5.41) is 7.35. The highest BCUT2D eigenvalue weighted by Gasteiger charge is 2.35. The van der Waals surface area contributed by atoms with Crippen molar-refractivity contribution >= 4 is 5.78 Å². The molecule has 1 aliphatic heterocycles. The lowest BCUT2D eigenvalue weighted by atomic mass is 9.85. The van der Waals surface area contributed by atoms with Gasteiger partial charge in [0, 0.05) is 13.2 Å². The van der Waals surface area contributed by atoms with Crippen LogP contribution >= 0.6 is 0 Å². The quantitative estimate of drug-likeness (QED) is 0.740. The van der Waals surface area contributed by atoms with Gasteiger partial charge in [-0.3, -0.25) is 9.48 Å². The van der Waals surface area contributed by atoms with Crippen LogP contribution in [0.3, 0.4) is 0 Å². The van der Waals surface area contributed by atoms with Crippen molar-refractivity contribution in [1.29, 1.82) is 0 Å². The number of aromatic nitrogens is 2. The van der Waals surface area contributed by atoms with Crippen molar-refractivity contribution in [3.63, 3.8) is 0 Å². The smallest absolute Gasteiger partial charge is 0.200 e. The minimum Gasteiger partial charge on any atom is -0.305 e. The predicted molar refractivity (Wildman–Crippen MR) is 57.8 cm³/mol. The van der Waals surface area contributed by atoms with Crippen molar-refractivity contribution in [2.45, 2.75) is 31.7 Å². The van der Waals surface area contributed by atoms with Crippen molar-refractivity contribution in [3.05, 3.63) is 18.0 Å². The largest absolute Gasteiger partial charge is 0.305 e. The molecule has 0 aromatic carbocycles. The van der Waals surface area contributed by atoms with Gasteiger partial charge in [-0.1, -0.05) is 0 Å². The second-order valence-electron chi connectivity index (χ2n) is 4.39. The summed E-state index contributed by atoms with van der Waals surface area (Å²) in [6.45, 7) is 2.92. The summed E-state index contributed by atoms with van der Waals surface area (Å²) in [5.41, 5.74) is 0.290. The second-order valence-corrected chi connectivity index (χ2v) is 4.39. The maximum absolute atomic E-state index is 12.3. The third kappa shape index (κ3) is 1.81. The minimum atomic E-state index is -0.397. The monoisotopic (exact) mass is 207 g/mol. The summed E-state index contributed by atoms with van der Waals surface area (Å²) < 4.78 is 1.64. The van der Waals surface area contributed by atoms with Gasteiger partial charge < -0.3 is 5.32 Å². The van der Waals surface area contributed by atoms with E-state index in [9.17, 15) is 4.79 Å². The van der Waals surface area contributed by atoms with E-state index in [2.05, 4.69) is 10.4 Å². The summed E-state index contributed by atoms with van der Waals surface area (Å²) in [6, 6.07) is 1.78. The lowest BCUT2D eigenvalue weighted by Crippen LogP contribution is -2.52. The molecule has 1 atom stereocenters. The van der Waals surface area contributed by atoms with Crippen LogP contribution in [0, 0.1) is 0 Å². The van der Waals surface area contributed by atoms with Gasteiger partial charge in [-0.25, -0.2) is 0 Å². The molecular weight excluding hydrogens is 190 g/mol. The highest BCUT2D eigenvalue weighted by molar-refractivity contribution is 6.01. The first kappa shape index (κ1) is 10.4. The Kier molecular flexibility index (Phi) is 2.61. The van der Waals surface area contributed by atoms with E-state index in [0.717, 1.165) is 25.8 Å². The van der Waals surface area contributed by atoms with Crippen LogP contribution in [0.15, 0.2) is 12.3 Å². The number of rotatable bonds is 2. The fourth-order valence-electron chi connectivity index (χ4n) is 2.13. The fraction of sp³-hybridized carbons (Fsp3) is 0.636. The Morgan fingerprint density at radius 3 is 2.93 bits per heavy atom. The summed E-state index contributed by atoms with van der Waals surface area (Å²) in [7, 11) is 1.80. The van der Waals surface area contributed by atoms with Crippen molar-refractivity contribution in [2.24, 2.45) is 7.05 Å². The normalized spacial score (nSPS) is 26.5. The lowest BCUT2D eigenvalue weighted by molar-refractivity contribution is 0.0824. The maximum atomic E-state index is 12.3. The van der Waals surface area contributed by atoms with Crippen molar-refractivity contribution in [3.8, 4) is 0 Å². The highest BCUT2D eigenvalue weighted by Crippen LogP contribution is 2.22. The Labute approximate surface area is 89.7 Å². The van der Waals surface area contributed by atoms with Crippen LogP contribution in [-0.2, 0) is 7.05 Å². The third-order valence-electron chi connectivity index (χ3n) is 3.17. The Bertz CT molecular complexity index is 364. The van der Waals surface area contributed by atoms with Crippen LogP contribution in [0.4, 0.5) is 0 Å². The molecule has 0 amide bonds. The highest BCUT2D eigenvalue weighted by atomic mass is 16.1. The maximum Gasteiger partial charge on any atom is 0.200 e. The number of carbonyl (C=O) groups excluding carboxylic acids is 1. The first-order valence-corrected chi connectivity index (χ1v) is 5.41. The van der Waals surface area contributed by atoms with Gasteiger partial charge in [0.15, 0.2) is 0 Å². The van der Waals surface area contributed by atoms with Crippen LogP contribution < -0.4 is 5.32 Å². The number of carbonyl (C=O) groups is 1. The topological polar surface area (TPSA) is 46.9 Å². The number of Topliss-reactive ketones (excluding diaryl/α,β-unsaturated/α-hetero) is 1. The van der Waals surface area contributed by atoms with E-state index in [0.29, 0.717) is 5.69 Å². The van der Waals surface area contributed by atoms with Gasteiger partial charge in [0.25, 0.3) is 0 Å². The molecule has 0 bridgehead atoms. The molecule has 1 aliphatic rings. The molecule has 2 rings (SSSR count). The molecule has 0 radical (unpaired) electrons. The van der Waals surface area contributed by atoms with Gasteiger partial charge >= 0.3 is 0 Å². The molecule has 0 aliphatic carbocycles. The molecule has 2 heterocycles. The Morgan fingerprint density at radius 2 is 2.40 bits per heavy atom. The van der Waals surface area contributed by atoms with Crippen molar-refractivity contribution in [2.75, 3.05) is 6.54 Å². The van der Waals surface area contributed by atoms with E-state index in [1.807, 2.05) is 6.92 Å². The molecule has 4 nitrogen and oxygen atoms in total. The number of aryl methyl sites for hydroxylation is 1. The standard InChI is InChI=1S/C11H17N3O/c1-11(6-3-4-7-12-11)10(15)9-5-8-13-14(9)2/h5,8,12H,3-4,6-7H2,1-2H3. The molecule has 1 aromatic heterocycles. The molecule has 15 heavy (non-hydrogen) atoms. The first-order valence-electron chi connectivity index (χ1n) is 5.41. The molecule has 1 N–H and O–H groups in total. The van der Waals surface area contributed by atoms with Gasteiger partial charge in [-0.05, 0) is 38.8 Å². The predicted octanol–water partition coefficient (Wildman–Crippen LogP) is 1.14. The van der Waals surface area contributed by atoms with Crippen LogP contribution in [0.2, 0.25) is 0 Å². The molecular formula is C11H17N3O. The van der Waals surface area contributed by atoms with E-state index >= 15 is 0 Å². The van der Waals surface area contributed by atoms with E-state index in [4.69, 9.17) is 0 Å². The number of nitrogens with zero attached hydrogens (tertiary/aromatic N) is 2. The number of hydrogen-bond acceptors (Lipinski definition) is 3. The van der Waals surface area contributed by atoms with Gasteiger partial charge in [0.2, 0.25) is 5.78 Å².